The van der Waals surface area contributed by atoms with Crippen LogP contribution in [0.25, 0.3) is 0 Å². The average molecular weight is 315 g/mol. The number of rotatable bonds is 4. The number of likely N-dealkylation sites (tertiary alicyclic amines) is 1. The smallest absolute Gasteiger partial charge is 0.223 e. The maximum atomic E-state index is 12.1. The van der Waals surface area contributed by atoms with Gasteiger partial charge >= 0.3 is 0 Å². The van der Waals surface area contributed by atoms with Crippen molar-refractivity contribution in [3.63, 3.8) is 0 Å². The summed E-state index contributed by atoms with van der Waals surface area (Å²) >= 11 is 0. The molecule has 0 saturated carbocycles. The molecule has 1 fully saturated rings. The highest BCUT2D eigenvalue weighted by molar-refractivity contribution is 5.85. The van der Waals surface area contributed by atoms with Gasteiger partial charge in [-0.1, -0.05) is 0 Å². The van der Waals surface area contributed by atoms with E-state index in [-0.39, 0.29) is 30.3 Å². The van der Waals surface area contributed by atoms with Crippen LogP contribution in [0.1, 0.15) is 32.0 Å². The molecule has 2 rings (SSSR count). The molecule has 0 bridgehead atoms. The topological polar surface area (TPSA) is 67.2 Å². The van der Waals surface area contributed by atoms with Crippen LogP contribution in [-0.4, -0.2) is 45.4 Å². The minimum absolute atomic E-state index is 0. The lowest BCUT2D eigenvalue weighted by molar-refractivity contribution is -0.132. The molecule has 1 aromatic rings. The van der Waals surface area contributed by atoms with Crippen LogP contribution in [0.5, 0.6) is 0 Å². The molecule has 0 aromatic carbocycles. The molecule has 7 heteroatoms. The summed E-state index contributed by atoms with van der Waals surface area (Å²) in [7, 11) is 1.94. The SMILES string of the molecule is CC(=O)NC1CCN(C(=O)CCc2nccn2C)CC1.Cl. The fourth-order valence-electron chi connectivity index (χ4n) is 2.57. The summed E-state index contributed by atoms with van der Waals surface area (Å²) in [5.74, 6) is 1.12. The molecule has 1 aliphatic heterocycles. The van der Waals surface area contributed by atoms with Gasteiger partial charge in [-0.05, 0) is 12.8 Å². The highest BCUT2D eigenvalue weighted by Gasteiger charge is 2.23. The van der Waals surface area contributed by atoms with Crippen molar-refractivity contribution in [1.82, 2.24) is 19.8 Å². The van der Waals surface area contributed by atoms with Crippen molar-refractivity contribution in [2.45, 2.75) is 38.6 Å². The van der Waals surface area contributed by atoms with Gasteiger partial charge in [0.2, 0.25) is 11.8 Å². The molecule has 118 valence electrons. The van der Waals surface area contributed by atoms with Crippen LogP contribution in [-0.2, 0) is 23.1 Å². The van der Waals surface area contributed by atoms with Gasteiger partial charge in [-0.15, -0.1) is 12.4 Å². The van der Waals surface area contributed by atoms with Crippen molar-refractivity contribution in [1.29, 1.82) is 0 Å². The molecule has 0 atom stereocenters. The van der Waals surface area contributed by atoms with Crippen molar-refractivity contribution in [2.75, 3.05) is 13.1 Å². The Morgan fingerprint density at radius 1 is 1.38 bits per heavy atom. The zero-order valence-corrected chi connectivity index (χ0v) is 13.4. The van der Waals surface area contributed by atoms with E-state index in [1.807, 2.05) is 22.7 Å². The minimum atomic E-state index is 0. The fourth-order valence-corrected chi connectivity index (χ4v) is 2.57. The van der Waals surface area contributed by atoms with Crippen LogP contribution >= 0.6 is 12.4 Å². The standard InChI is InChI=1S/C14H22N4O2.ClH/c1-11(19)16-12-5-8-18(9-6-12)14(20)4-3-13-15-7-10-17(13)2;/h7,10,12H,3-6,8-9H2,1-2H3,(H,16,19);1H. The lowest BCUT2D eigenvalue weighted by Gasteiger charge is -2.32. The van der Waals surface area contributed by atoms with Crippen molar-refractivity contribution in [2.24, 2.45) is 7.05 Å². The number of carbonyl (C=O) groups excluding carboxylic acids is 2. The van der Waals surface area contributed by atoms with E-state index >= 15 is 0 Å². The second-order valence-electron chi connectivity index (χ2n) is 5.31. The first-order valence-corrected chi connectivity index (χ1v) is 7.07. The molecule has 21 heavy (non-hydrogen) atoms. The number of imidazole rings is 1. The Kier molecular flexibility index (Phi) is 6.68. The van der Waals surface area contributed by atoms with E-state index in [1.54, 1.807) is 6.20 Å². The third-order valence-corrected chi connectivity index (χ3v) is 3.74. The van der Waals surface area contributed by atoms with Gasteiger partial charge in [-0.2, -0.15) is 0 Å². The number of nitrogens with one attached hydrogen (secondary N) is 1. The van der Waals surface area contributed by atoms with E-state index < -0.39 is 0 Å². The molecule has 6 nitrogen and oxygen atoms in total. The number of hydrogen-bond acceptors (Lipinski definition) is 3. The Balaban J connectivity index is 0.00000220. The highest BCUT2D eigenvalue weighted by atomic mass is 35.5. The molecule has 1 N–H and O–H groups in total. The second-order valence-corrected chi connectivity index (χ2v) is 5.31. The van der Waals surface area contributed by atoms with Crippen molar-refractivity contribution in [3.8, 4) is 0 Å². The predicted molar refractivity (Wildman–Crippen MR) is 82.2 cm³/mol. The average Bonchev–Trinajstić information content (AvgIpc) is 2.82. The number of carbonyl (C=O) groups is 2. The summed E-state index contributed by atoms with van der Waals surface area (Å²) in [6.07, 6.45) is 6.49. The van der Waals surface area contributed by atoms with E-state index in [0.29, 0.717) is 12.8 Å². The Bertz CT molecular complexity index is 481. The van der Waals surface area contributed by atoms with Gasteiger partial charge in [-0.25, -0.2) is 4.98 Å². The molecule has 0 radical (unpaired) electrons. The lowest BCUT2D eigenvalue weighted by atomic mass is 10.0. The first-order valence-electron chi connectivity index (χ1n) is 7.07. The van der Waals surface area contributed by atoms with Gasteiger partial charge in [0.25, 0.3) is 0 Å². The van der Waals surface area contributed by atoms with Crippen LogP contribution in [0.15, 0.2) is 12.4 Å². The summed E-state index contributed by atoms with van der Waals surface area (Å²) in [5, 5.41) is 2.91. The summed E-state index contributed by atoms with van der Waals surface area (Å²) in [4.78, 5) is 29.2. The minimum Gasteiger partial charge on any atom is -0.353 e. The molecule has 0 aliphatic carbocycles. The molecular weight excluding hydrogens is 292 g/mol. The highest BCUT2D eigenvalue weighted by Crippen LogP contribution is 2.12. The summed E-state index contributed by atoms with van der Waals surface area (Å²) in [6.45, 7) is 2.99. The first kappa shape index (κ1) is 17.5. The van der Waals surface area contributed by atoms with Crippen molar-refractivity contribution >= 4 is 24.2 Å². The predicted octanol–water partition coefficient (Wildman–Crippen LogP) is 0.902. The Hall–Kier alpha value is -1.56. The number of halogens is 1. The normalized spacial score (nSPS) is 15.4. The molecule has 0 unspecified atom stereocenters. The third-order valence-electron chi connectivity index (χ3n) is 3.74. The number of aromatic nitrogens is 2. The Labute approximate surface area is 131 Å². The molecule has 2 heterocycles. The summed E-state index contributed by atoms with van der Waals surface area (Å²) in [6, 6.07) is 0.214. The van der Waals surface area contributed by atoms with Crippen LogP contribution in [0.3, 0.4) is 0 Å². The van der Waals surface area contributed by atoms with Crippen LogP contribution in [0, 0.1) is 0 Å². The van der Waals surface area contributed by atoms with Crippen LogP contribution < -0.4 is 5.32 Å². The number of nitrogens with zero attached hydrogens (tertiary/aromatic N) is 3. The fraction of sp³-hybridized carbons (Fsp3) is 0.643. The van der Waals surface area contributed by atoms with E-state index in [9.17, 15) is 9.59 Å². The molecule has 1 aromatic heterocycles. The van der Waals surface area contributed by atoms with E-state index in [1.165, 1.54) is 6.92 Å². The zero-order valence-electron chi connectivity index (χ0n) is 12.5. The zero-order chi connectivity index (χ0) is 14.5. The van der Waals surface area contributed by atoms with Gasteiger partial charge in [0.15, 0.2) is 0 Å². The molecule has 1 aliphatic rings. The number of aryl methyl sites for hydroxylation is 2. The molecule has 0 spiro atoms. The monoisotopic (exact) mass is 314 g/mol. The third kappa shape index (κ3) is 5.04. The van der Waals surface area contributed by atoms with Gasteiger partial charge in [0, 0.05) is 58.3 Å². The van der Waals surface area contributed by atoms with Crippen molar-refractivity contribution < 1.29 is 9.59 Å². The largest absolute Gasteiger partial charge is 0.353 e. The van der Waals surface area contributed by atoms with Gasteiger partial charge < -0.3 is 14.8 Å². The Morgan fingerprint density at radius 3 is 2.57 bits per heavy atom. The molecule has 2 amide bonds. The number of hydrogen-bond donors (Lipinski definition) is 1. The number of piperidine rings is 1. The molecule has 1 saturated heterocycles. The Morgan fingerprint density at radius 2 is 2.05 bits per heavy atom. The number of amides is 2. The lowest BCUT2D eigenvalue weighted by Crippen LogP contribution is -2.46. The van der Waals surface area contributed by atoms with Gasteiger partial charge in [0.05, 0.1) is 0 Å². The van der Waals surface area contributed by atoms with Gasteiger partial charge in [0.1, 0.15) is 5.82 Å². The van der Waals surface area contributed by atoms with E-state index in [0.717, 1.165) is 31.8 Å². The van der Waals surface area contributed by atoms with E-state index in [4.69, 9.17) is 0 Å². The maximum absolute atomic E-state index is 12.1. The summed E-state index contributed by atoms with van der Waals surface area (Å²) in [5.41, 5.74) is 0. The quantitative estimate of drug-likeness (QED) is 0.898. The van der Waals surface area contributed by atoms with Crippen LogP contribution in [0.2, 0.25) is 0 Å². The van der Waals surface area contributed by atoms with E-state index in [2.05, 4.69) is 10.3 Å². The van der Waals surface area contributed by atoms with Crippen LogP contribution in [0.4, 0.5) is 0 Å². The molecular formula is C14H23ClN4O2. The van der Waals surface area contributed by atoms with Crippen molar-refractivity contribution in [3.05, 3.63) is 18.2 Å². The maximum Gasteiger partial charge on any atom is 0.223 e. The second kappa shape index (κ2) is 8.02. The first-order chi connectivity index (χ1) is 9.56. The van der Waals surface area contributed by atoms with Gasteiger partial charge in [-0.3, -0.25) is 9.59 Å². The summed E-state index contributed by atoms with van der Waals surface area (Å²) < 4.78 is 1.94.